The Morgan fingerprint density at radius 3 is 2.46 bits per heavy atom. The van der Waals surface area contributed by atoms with Gasteiger partial charge in [0.1, 0.15) is 5.82 Å². The van der Waals surface area contributed by atoms with E-state index in [2.05, 4.69) is 14.9 Å². The highest BCUT2D eigenvalue weighted by Gasteiger charge is 2.19. The van der Waals surface area contributed by atoms with Crippen LogP contribution in [0.2, 0.25) is 0 Å². The van der Waals surface area contributed by atoms with Crippen molar-refractivity contribution in [1.82, 2.24) is 14.7 Å². The number of hydrogen-bond acceptors (Lipinski definition) is 4. The molecule has 4 rings (SSSR count). The van der Waals surface area contributed by atoms with Crippen LogP contribution < -0.4 is 10.5 Å². The van der Waals surface area contributed by atoms with Crippen LogP contribution in [0.5, 0.6) is 0 Å². The quantitative estimate of drug-likeness (QED) is 0.795. The average molecular weight is 384 g/mol. The van der Waals surface area contributed by atoms with Crippen LogP contribution >= 0.6 is 0 Å². The lowest BCUT2D eigenvalue weighted by atomic mass is 9.94. The molecule has 2 aromatic rings. The third-order valence-electron chi connectivity index (χ3n) is 6.10. The third kappa shape index (κ3) is 4.12. The van der Waals surface area contributed by atoms with E-state index >= 15 is 0 Å². The lowest BCUT2D eigenvalue weighted by Crippen LogP contribution is -2.46. The van der Waals surface area contributed by atoms with Crippen molar-refractivity contribution in [2.75, 3.05) is 37.6 Å². The van der Waals surface area contributed by atoms with Crippen LogP contribution in [0.15, 0.2) is 29.1 Å². The molecule has 1 aromatic heterocycles. The summed E-state index contributed by atoms with van der Waals surface area (Å²) in [5.74, 6) is -0.191. The van der Waals surface area contributed by atoms with Crippen molar-refractivity contribution in [1.29, 1.82) is 0 Å². The number of aryl methyl sites for hydroxylation is 2. The zero-order valence-electron chi connectivity index (χ0n) is 16.7. The summed E-state index contributed by atoms with van der Waals surface area (Å²) in [5, 5.41) is 4.66. The zero-order chi connectivity index (χ0) is 19.5. The molecule has 1 aliphatic carbocycles. The number of halogens is 1. The highest BCUT2D eigenvalue weighted by atomic mass is 19.1. The fourth-order valence-electron chi connectivity index (χ4n) is 4.39. The summed E-state index contributed by atoms with van der Waals surface area (Å²) in [6, 6.07) is 6.74. The lowest BCUT2D eigenvalue weighted by molar-refractivity contribution is 0.248. The second kappa shape index (κ2) is 8.43. The molecule has 0 N–H and O–H groups in total. The van der Waals surface area contributed by atoms with E-state index in [9.17, 15) is 9.18 Å². The Bertz CT molecular complexity index is 869. The first-order chi connectivity index (χ1) is 13.6. The topological polar surface area (TPSA) is 41.4 Å². The Kier molecular flexibility index (Phi) is 5.76. The molecule has 0 amide bonds. The normalized spacial score (nSPS) is 17.6. The van der Waals surface area contributed by atoms with Gasteiger partial charge in [-0.3, -0.25) is 9.69 Å². The Morgan fingerprint density at radius 1 is 1.00 bits per heavy atom. The maximum Gasteiger partial charge on any atom is 0.269 e. The van der Waals surface area contributed by atoms with Gasteiger partial charge < -0.3 is 4.90 Å². The van der Waals surface area contributed by atoms with Crippen LogP contribution in [0.4, 0.5) is 10.1 Å². The minimum absolute atomic E-state index is 0.0850. The van der Waals surface area contributed by atoms with Crippen LogP contribution in [-0.2, 0) is 19.4 Å². The summed E-state index contributed by atoms with van der Waals surface area (Å²) >= 11 is 0. The Hall–Kier alpha value is -2.21. The van der Waals surface area contributed by atoms with Crippen molar-refractivity contribution in [2.45, 2.75) is 45.6 Å². The molecule has 0 unspecified atom stereocenters. The van der Waals surface area contributed by atoms with Gasteiger partial charge in [0, 0.05) is 50.5 Å². The predicted octanol–water partition coefficient (Wildman–Crippen LogP) is 2.78. The molecule has 1 aromatic carbocycles. The summed E-state index contributed by atoms with van der Waals surface area (Å²) in [7, 11) is 0. The van der Waals surface area contributed by atoms with Gasteiger partial charge in [-0.2, -0.15) is 5.10 Å². The van der Waals surface area contributed by atoms with Crippen molar-refractivity contribution in [2.24, 2.45) is 0 Å². The minimum atomic E-state index is -0.191. The molecule has 1 aliphatic heterocycles. The Labute approximate surface area is 165 Å². The number of piperazine rings is 1. The second-order valence-electron chi connectivity index (χ2n) is 7.94. The van der Waals surface area contributed by atoms with Crippen LogP contribution in [-0.4, -0.2) is 47.4 Å². The molecule has 2 aliphatic rings. The van der Waals surface area contributed by atoms with E-state index in [1.807, 2.05) is 19.1 Å². The number of fused-ring (bicyclic) bond motifs is 1. The van der Waals surface area contributed by atoms with Crippen LogP contribution in [0.3, 0.4) is 0 Å². The monoisotopic (exact) mass is 384 g/mol. The summed E-state index contributed by atoms with van der Waals surface area (Å²) in [6.07, 6.45) is 5.28. The maximum absolute atomic E-state index is 13.1. The van der Waals surface area contributed by atoms with E-state index in [-0.39, 0.29) is 11.4 Å². The van der Waals surface area contributed by atoms with Crippen molar-refractivity contribution in [3.05, 3.63) is 57.3 Å². The number of nitrogens with zero attached hydrogens (tertiary/aromatic N) is 4. The first-order valence-electron chi connectivity index (χ1n) is 10.4. The molecule has 28 heavy (non-hydrogen) atoms. The van der Waals surface area contributed by atoms with Gasteiger partial charge in [-0.1, -0.05) is 0 Å². The molecule has 150 valence electrons. The highest BCUT2D eigenvalue weighted by molar-refractivity contribution is 5.46. The van der Waals surface area contributed by atoms with Gasteiger partial charge >= 0.3 is 0 Å². The van der Waals surface area contributed by atoms with Crippen molar-refractivity contribution in [3.63, 3.8) is 0 Å². The smallest absolute Gasteiger partial charge is 0.269 e. The van der Waals surface area contributed by atoms with Crippen LogP contribution in [0.1, 0.15) is 36.1 Å². The van der Waals surface area contributed by atoms with Crippen molar-refractivity contribution < 1.29 is 4.39 Å². The number of aromatic nitrogens is 2. The van der Waals surface area contributed by atoms with Crippen LogP contribution in [0.25, 0.3) is 0 Å². The van der Waals surface area contributed by atoms with E-state index in [0.29, 0.717) is 6.54 Å². The Morgan fingerprint density at radius 2 is 1.71 bits per heavy atom. The lowest BCUT2D eigenvalue weighted by Gasteiger charge is -2.36. The van der Waals surface area contributed by atoms with Gasteiger partial charge in [0.05, 0.1) is 5.69 Å². The van der Waals surface area contributed by atoms with E-state index in [4.69, 9.17) is 0 Å². The molecule has 0 radical (unpaired) electrons. The standard InChI is InChI=1S/C22H29FN4O/c1-17-20-5-2-3-6-21(20)24-27(22(17)28)12-4-11-25-13-15-26(16-14-25)19-9-7-18(23)8-10-19/h7-10H,2-6,11-16H2,1H3. The summed E-state index contributed by atoms with van der Waals surface area (Å²) in [4.78, 5) is 17.3. The average Bonchev–Trinajstić information content (AvgIpc) is 2.73. The number of benzene rings is 1. The fourth-order valence-corrected chi connectivity index (χ4v) is 4.39. The molecule has 2 heterocycles. The van der Waals surface area contributed by atoms with Gasteiger partial charge in [0.15, 0.2) is 0 Å². The molecule has 0 saturated carbocycles. The molecular formula is C22H29FN4O. The summed E-state index contributed by atoms with van der Waals surface area (Å²) in [5.41, 5.74) is 4.40. The van der Waals surface area contributed by atoms with Crippen LogP contribution in [0, 0.1) is 12.7 Å². The largest absolute Gasteiger partial charge is 0.369 e. The van der Waals surface area contributed by atoms with Crippen molar-refractivity contribution in [3.8, 4) is 0 Å². The van der Waals surface area contributed by atoms with E-state index < -0.39 is 0 Å². The fraction of sp³-hybridized carbons (Fsp3) is 0.545. The molecule has 1 fully saturated rings. The number of anilines is 1. The zero-order valence-corrected chi connectivity index (χ0v) is 16.7. The number of hydrogen-bond donors (Lipinski definition) is 0. The molecule has 1 saturated heterocycles. The molecule has 6 heteroatoms. The molecule has 0 atom stereocenters. The van der Waals surface area contributed by atoms with Gasteiger partial charge in [0.2, 0.25) is 0 Å². The maximum atomic E-state index is 13.1. The molecule has 0 spiro atoms. The van der Waals surface area contributed by atoms with Crippen molar-refractivity contribution >= 4 is 5.69 Å². The van der Waals surface area contributed by atoms with Gasteiger partial charge in [0.25, 0.3) is 5.56 Å². The summed E-state index contributed by atoms with van der Waals surface area (Å²) in [6.45, 7) is 7.49. The molecular weight excluding hydrogens is 355 g/mol. The van der Waals surface area contributed by atoms with Gasteiger partial charge in [-0.05, 0) is 68.9 Å². The first-order valence-corrected chi connectivity index (χ1v) is 10.4. The van der Waals surface area contributed by atoms with E-state index in [1.165, 1.54) is 30.5 Å². The number of rotatable bonds is 5. The Balaban J connectivity index is 1.29. The van der Waals surface area contributed by atoms with E-state index in [1.54, 1.807) is 4.68 Å². The SMILES string of the molecule is Cc1c2c(nn(CCCN3CCN(c4ccc(F)cc4)CC3)c1=O)CCCC2. The highest BCUT2D eigenvalue weighted by Crippen LogP contribution is 2.20. The van der Waals surface area contributed by atoms with E-state index in [0.717, 1.165) is 68.9 Å². The minimum Gasteiger partial charge on any atom is -0.369 e. The third-order valence-corrected chi connectivity index (χ3v) is 6.10. The molecule has 5 nitrogen and oxygen atoms in total. The summed E-state index contributed by atoms with van der Waals surface area (Å²) < 4.78 is 14.8. The molecule has 0 bridgehead atoms. The predicted molar refractivity (Wildman–Crippen MR) is 110 cm³/mol. The second-order valence-corrected chi connectivity index (χ2v) is 7.94. The van der Waals surface area contributed by atoms with Gasteiger partial charge in [-0.15, -0.1) is 0 Å². The van der Waals surface area contributed by atoms with Gasteiger partial charge in [-0.25, -0.2) is 9.07 Å². The first kappa shape index (κ1) is 19.1.